The van der Waals surface area contributed by atoms with Crippen molar-refractivity contribution in [2.24, 2.45) is 0 Å². The van der Waals surface area contributed by atoms with Gasteiger partial charge in [0, 0.05) is 5.69 Å². The number of nitrogens with one attached hydrogen (secondary N) is 1. The molecule has 0 bridgehead atoms. The summed E-state index contributed by atoms with van der Waals surface area (Å²) in [6.07, 6.45) is -0.580. The fourth-order valence-corrected chi connectivity index (χ4v) is 1.91. The Morgan fingerprint density at radius 3 is 2.55 bits per heavy atom. The van der Waals surface area contributed by atoms with Crippen molar-refractivity contribution in [3.8, 4) is 0 Å². The Bertz CT molecular complexity index is 655. The molecule has 0 aliphatic heterocycles. The van der Waals surface area contributed by atoms with Gasteiger partial charge < -0.3 is 9.84 Å². The number of anilines is 1. The normalized spacial score (nSPS) is 11.5. The van der Waals surface area contributed by atoms with Gasteiger partial charge in [-0.05, 0) is 30.2 Å². The van der Waals surface area contributed by atoms with Crippen LogP contribution in [0.1, 0.15) is 24.0 Å². The van der Waals surface area contributed by atoms with Gasteiger partial charge in [-0.3, -0.25) is 10.1 Å². The molecule has 5 heteroatoms. The molecule has 1 amide bonds. The summed E-state index contributed by atoms with van der Waals surface area (Å²) >= 11 is 0. The molecule has 1 atom stereocenters. The van der Waals surface area contributed by atoms with Gasteiger partial charge in [-0.15, -0.1) is 0 Å². The fourth-order valence-electron chi connectivity index (χ4n) is 1.91. The van der Waals surface area contributed by atoms with Crippen molar-refractivity contribution < 1.29 is 19.4 Å². The maximum absolute atomic E-state index is 11.8. The van der Waals surface area contributed by atoms with Crippen molar-refractivity contribution in [1.82, 2.24) is 0 Å². The third kappa shape index (κ3) is 4.34. The van der Waals surface area contributed by atoms with Gasteiger partial charge in [0.15, 0.2) is 0 Å². The topological polar surface area (TPSA) is 75.6 Å². The largest absolute Gasteiger partial charge is 0.481 e. The molecule has 1 unspecified atom stereocenters. The maximum Gasteiger partial charge on any atom is 0.411 e. The van der Waals surface area contributed by atoms with E-state index in [4.69, 9.17) is 9.84 Å². The van der Waals surface area contributed by atoms with E-state index in [1.807, 2.05) is 30.3 Å². The van der Waals surface area contributed by atoms with Crippen molar-refractivity contribution >= 4 is 17.7 Å². The number of amides is 1. The lowest BCUT2D eigenvalue weighted by molar-refractivity contribution is -0.138. The quantitative estimate of drug-likeness (QED) is 0.884. The van der Waals surface area contributed by atoms with Crippen LogP contribution >= 0.6 is 0 Å². The third-order valence-electron chi connectivity index (χ3n) is 3.22. The minimum absolute atomic E-state index is 0.178. The van der Waals surface area contributed by atoms with Gasteiger partial charge in [0.25, 0.3) is 0 Å². The number of benzene rings is 2. The number of rotatable bonds is 5. The molecule has 114 valence electrons. The Morgan fingerprint density at radius 2 is 1.86 bits per heavy atom. The van der Waals surface area contributed by atoms with Gasteiger partial charge in [-0.25, -0.2) is 4.79 Å². The molecule has 2 rings (SSSR count). The summed E-state index contributed by atoms with van der Waals surface area (Å²) in [5.41, 5.74) is 2.02. The van der Waals surface area contributed by atoms with Crippen LogP contribution < -0.4 is 5.32 Å². The van der Waals surface area contributed by atoms with E-state index < -0.39 is 18.0 Å². The highest BCUT2D eigenvalue weighted by molar-refractivity contribution is 5.85. The lowest BCUT2D eigenvalue weighted by Gasteiger charge is -2.10. The van der Waals surface area contributed by atoms with E-state index in [0.29, 0.717) is 11.3 Å². The van der Waals surface area contributed by atoms with E-state index in [9.17, 15) is 9.59 Å². The summed E-state index contributed by atoms with van der Waals surface area (Å²) in [5.74, 6) is -1.55. The predicted molar refractivity (Wildman–Crippen MR) is 82.7 cm³/mol. The summed E-state index contributed by atoms with van der Waals surface area (Å²) in [4.78, 5) is 22.7. The zero-order chi connectivity index (χ0) is 15.9. The molecule has 5 nitrogen and oxygen atoms in total. The first-order valence-corrected chi connectivity index (χ1v) is 6.86. The minimum Gasteiger partial charge on any atom is -0.481 e. The average Bonchev–Trinajstić information content (AvgIpc) is 2.53. The Kier molecular flexibility index (Phi) is 5.14. The number of aliphatic carboxylic acids is 1. The second-order valence-electron chi connectivity index (χ2n) is 4.87. The summed E-state index contributed by atoms with van der Waals surface area (Å²) in [6, 6.07) is 16.1. The fraction of sp³-hybridized carbons (Fsp3) is 0.176. The Labute approximate surface area is 128 Å². The molecule has 2 N–H and O–H groups in total. The molecule has 0 aliphatic rings. The lowest BCUT2D eigenvalue weighted by Crippen LogP contribution is -2.14. The molecular formula is C17H17NO4. The number of carbonyl (C=O) groups is 2. The predicted octanol–water partition coefficient (Wildman–Crippen LogP) is 3.62. The molecule has 2 aromatic carbocycles. The molecule has 0 radical (unpaired) electrons. The standard InChI is InChI=1S/C17H17NO4/c1-12(16(19)20)14-8-5-9-15(10-14)18-17(21)22-11-13-6-3-2-4-7-13/h2-10,12H,11H2,1H3,(H,18,21)(H,19,20). The van der Waals surface area contributed by atoms with E-state index >= 15 is 0 Å². The Morgan fingerprint density at radius 1 is 1.14 bits per heavy atom. The molecule has 2 aromatic rings. The van der Waals surface area contributed by atoms with Crippen LogP contribution in [0.15, 0.2) is 54.6 Å². The smallest absolute Gasteiger partial charge is 0.411 e. The monoisotopic (exact) mass is 299 g/mol. The molecule has 0 saturated carbocycles. The van der Waals surface area contributed by atoms with E-state index in [0.717, 1.165) is 5.56 Å². The number of carboxylic acids is 1. The molecule has 0 aromatic heterocycles. The van der Waals surface area contributed by atoms with Crippen LogP contribution in [0, 0.1) is 0 Å². The average molecular weight is 299 g/mol. The number of carboxylic acid groups (broad SMARTS) is 1. The zero-order valence-electron chi connectivity index (χ0n) is 12.2. The van der Waals surface area contributed by atoms with E-state index in [-0.39, 0.29) is 6.61 Å². The van der Waals surface area contributed by atoms with Crippen LogP contribution in [-0.2, 0) is 16.1 Å². The summed E-state index contributed by atoms with van der Waals surface area (Å²) in [6.45, 7) is 1.77. The molecule has 0 spiro atoms. The highest BCUT2D eigenvalue weighted by Gasteiger charge is 2.14. The number of ether oxygens (including phenoxy) is 1. The van der Waals surface area contributed by atoms with Crippen molar-refractivity contribution in [1.29, 1.82) is 0 Å². The maximum atomic E-state index is 11.8. The SMILES string of the molecule is CC(C(=O)O)c1cccc(NC(=O)OCc2ccccc2)c1. The summed E-state index contributed by atoms with van der Waals surface area (Å²) < 4.78 is 5.11. The van der Waals surface area contributed by atoms with Crippen LogP contribution in [0.3, 0.4) is 0 Å². The van der Waals surface area contributed by atoms with E-state index in [2.05, 4.69) is 5.32 Å². The molecular weight excluding hydrogens is 282 g/mol. The molecule has 0 heterocycles. The molecule has 22 heavy (non-hydrogen) atoms. The number of hydrogen-bond donors (Lipinski definition) is 2. The van der Waals surface area contributed by atoms with Crippen LogP contribution in [0.4, 0.5) is 10.5 Å². The second-order valence-corrected chi connectivity index (χ2v) is 4.87. The van der Waals surface area contributed by atoms with Crippen molar-refractivity contribution in [3.05, 3.63) is 65.7 Å². The lowest BCUT2D eigenvalue weighted by atomic mass is 10.0. The minimum atomic E-state index is -0.913. The highest BCUT2D eigenvalue weighted by Crippen LogP contribution is 2.19. The van der Waals surface area contributed by atoms with Crippen molar-refractivity contribution in [2.75, 3.05) is 5.32 Å². The van der Waals surface area contributed by atoms with Crippen LogP contribution in [-0.4, -0.2) is 17.2 Å². The van der Waals surface area contributed by atoms with Gasteiger partial charge in [0.05, 0.1) is 5.92 Å². The van der Waals surface area contributed by atoms with E-state index in [1.54, 1.807) is 31.2 Å². The van der Waals surface area contributed by atoms with Gasteiger partial charge >= 0.3 is 12.1 Å². The first-order valence-electron chi connectivity index (χ1n) is 6.86. The first kappa shape index (κ1) is 15.6. The summed E-state index contributed by atoms with van der Waals surface area (Å²) in [7, 11) is 0. The van der Waals surface area contributed by atoms with E-state index in [1.165, 1.54) is 0 Å². The number of hydrogen-bond acceptors (Lipinski definition) is 3. The molecule has 0 saturated heterocycles. The van der Waals surface area contributed by atoms with Gasteiger partial charge in [-0.1, -0.05) is 42.5 Å². The Balaban J connectivity index is 1.94. The third-order valence-corrected chi connectivity index (χ3v) is 3.22. The second kappa shape index (κ2) is 7.26. The zero-order valence-corrected chi connectivity index (χ0v) is 12.2. The molecule has 0 fully saturated rings. The van der Waals surface area contributed by atoms with Gasteiger partial charge in [0.2, 0.25) is 0 Å². The van der Waals surface area contributed by atoms with Crippen LogP contribution in [0.25, 0.3) is 0 Å². The van der Waals surface area contributed by atoms with Crippen molar-refractivity contribution in [2.45, 2.75) is 19.4 Å². The van der Waals surface area contributed by atoms with Crippen molar-refractivity contribution in [3.63, 3.8) is 0 Å². The Hall–Kier alpha value is -2.82. The first-order chi connectivity index (χ1) is 10.6. The number of carbonyl (C=O) groups excluding carboxylic acids is 1. The van der Waals surface area contributed by atoms with Gasteiger partial charge in [-0.2, -0.15) is 0 Å². The van der Waals surface area contributed by atoms with Crippen LogP contribution in [0.2, 0.25) is 0 Å². The molecule has 0 aliphatic carbocycles. The van der Waals surface area contributed by atoms with Gasteiger partial charge in [0.1, 0.15) is 6.61 Å². The highest BCUT2D eigenvalue weighted by atomic mass is 16.5. The van der Waals surface area contributed by atoms with Crippen LogP contribution in [0.5, 0.6) is 0 Å². The summed E-state index contributed by atoms with van der Waals surface area (Å²) in [5, 5.41) is 11.6.